The van der Waals surface area contributed by atoms with Crippen molar-refractivity contribution in [2.45, 2.75) is 13.3 Å². The van der Waals surface area contributed by atoms with E-state index >= 15 is 0 Å². The van der Waals surface area contributed by atoms with E-state index in [1.54, 1.807) is 13.0 Å². The Morgan fingerprint density at radius 2 is 2.18 bits per heavy atom. The maximum Gasteiger partial charge on any atom is 0.317 e. The molecule has 1 rings (SSSR count). The van der Waals surface area contributed by atoms with Crippen molar-refractivity contribution < 1.29 is 13.9 Å². The fraction of sp³-hybridized carbons (Fsp3) is 0.231. The van der Waals surface area contributed by atoms with Gasteiger partial charge in [-0.15, -0.1) is 0 Å². The van der Waals surface area contributed by atoms with Gasteiger partial charge in [-0.25, -0.2) is 4.39 Å². The van der Waals surface area contributed by atoms with E-state index in [2.05, 4.69) is 16.6 Å². The number of nitriles is 1. The van der Waals surface area contributed by atoms with Crippen molar-refractivity contribution in [3.05, 3.63) is 35.1 Å². The van der Waals surface area contributed by atoms with E-state index in [0.717, 1.165) is 0 Å². The number of ether oxygens (including phenoxy) is 1. The van der Waals surface area contributed by atoms with E-state index in [-0.39, 0.29) is 17.5 Å². The highest BCUT2D eigenvalue weighted by Gasteiger charge is 2.04. The molecule has 0 bridgehead atoms. The molecular formula is C13H10FNO2. The van der Waals surface area contributed by atoms with Gasteiger partial charge in [0, 0.05) is 0 Å². The van der Waals surface area contributed by atoms with Crippen LogP contribution >= 0.6 is 0 Å². The second-order valence-corrected chi connectivity index (χ2v) is 3.06. The molecule has 0 aliphatic rings. The SMILES string of the molecule is CCOC(=O)CC#Cc1cccc(C#N)c1F. The molecule has 86 valence electrons. The Hall–Kier alpha value is -2.33. The van der Waals surface area contributed by atoms with Gasteiger partial charge in [0.25, 0.3) is 0 Å². The molecule has 0 aromatic heterocycles. The Morgan fingerprint density at radius 3 is 2.82 bits per heavy atom. The van der Waals surface area contributed by atoms with E-state index in [1.807, 2.05) is 0 Å². The molecule has 17 heavy (non-hydrogen) atoms. The van der Waals surface area contributed by atoms with Crippen LogP contribution in [-0.4, -0.2) is 12.6 Å². The first-order valence-corrected chi connectivity index (χ1v) is 5.02. The normalized spacial score (nSPS) is 8.76. The van der Waals surface area contributed by atoms with Crippen molar-refractivity contribution in [1.29, 1.82) is 5.26 Å². The Morgan fingerprint density at radius 1 is 1.47 bits per heavy atom. The summed E-state index contributed by atoms with van der Waals surface area (Å²) in [5, 5.41) is 8.61. The minimum atomic E-state index is -0.661. The first kappa shape index (κ1) is 12.7. The largest absolute Gasteiger partial charge is 0.465 e. The molecule has 0 fully saturated rings. The van der Waals surface area contributed by atoms with Crippen LogP contribution in [-0.2, 0) is 9.53 Å². The molecule has 0 radical (unpaired) electrons. The number of esters is 1. The highest BCUT2D eigenvalue weighted by atomic mass is 19.1. The van der Waals surface area contributed by atoms with E-state index in [9.17, 15) is 9.18 Å². The summed E-state index contributed by atoms with van der Waals surface area (Å²) in [5.74, 6) is 3.90. The molecule has 0 aliphatic carbocycles. The van der Waals surface area contributed by atoms with Crippen molar-refractivity contribution in [2.24, 2.45) is 0 Å². The molecule has 4 heteroatoms. The molecule has 1 aromatic carbocycles. The summed E-state index contributed by atoms with van der Waals surface area (Å²) >= 11 is 0. The quantitative estimate of drug-likeness (QED) is 0.577. The predicted octanol–water partition coefficient (Wildman–Crippen LogP) is 2.00. The van der Waals surface area contributed by atoms with Crippen molar-refractivity contribution in [3.63, 3.8) is 0 Å². The maximum absolute atomic E-state index is 13.5. The summed E-state index contributed by atoms with van der Waals surface area (Å²) in [7, 11) is 0. The number of halogens is 1. The van der Waals surface area contributed by atoms with Crippen LogP contribution in [0.3, 0.4) is 0 Å². The van der Waals surface area contributed by atoms with Gasteiger partial charge in [0.15, 0.2) is 5.82 Å². The number of hydrogen-bond donors (Lipinski definition) is 0. The summed E-state index contributed by atoms with van der Waals surface area (Å²) < 4.78 is 18.2. The highest BCUT2D eigenvalue weighted by molar-refractivity contribution is 5.72. The lowest BCUT2D eigenvalue weighted by Crippen LogP contribution is -2.01. The number of carbonyl (C=O) groups excluding carboxylic acids is 1. The third-order valence-corrected chi connectivity index (χ3v) is 1.88. The van der Waals surface area contributed by atoms with Crippen LogP contribution in [0, 0.1) is 29.0 Å². The van der Waals surface area contributed by atoms with Crippen LogP contribution < -0.4 is 0 Å². The lowest BCUT2D eigenvalue weighted by molar-refractivity contribution is -0.141. The van der Waals surface area contributed by atoms with E-state index in [0.29, 0.717) is 6.61 Å². The Bertz CT molecular complexity index is 520. The van der Waals surface area contributed by atoms with Gasteiger partial charge in [-0.2, -0.15) is 5.26 Å². The van der Waals surface area contributed by atoms with Crippen LogP contribution in [0.4, 0.5) is 4.39 Å². The Kier molecular flexibility index (Phi) is 4.72. The smallest absolute Gasteiger partial charge is 0.317 e. The third-order valence-electron chi connectivity index (χ3n) is 1.88. The molecular weight excluding hydrogens is 221 g/mol. The van der Waals surface area contributed by atoms with Crippen LogP contribution in [0.25, 0.3) is 0 Å². The number of hydrogen-bond acceptors (Lipinski definition) is 3. The summed E-state index contributed by atoms with van der Waals surface area (Å²) in [6, 6.07) is 6.08. The average molecular weight is 231 g/mol. The second-order valence-electron chi connectivity index (χ2n) is 3.06. The van der Waals surface area contributed by atoms with Crippen molar-refractivity contribution in [2.75, 3.05) is 6.61 Å². The average Bonchev–Trinajstić information content (AvgIpc) is 2.32. The summed E-state index contributed by atoms with van der Waals surface area (Å²) in [5.41, 5.74) is 0.0429. The first-order valence-electron chi connectivity index (χ1n) is 5.02. The van der Waals surface area contributed by atoms with Gasteiger partial charge in [-0.1, -0.05) is 17.9 Å². The minimum absolute atomic E-state index is 0.0621. The lowest BCUT2D eigenvalue weighted by Gasteiger charge is -1.96. The number of benzene rings is 1. The molecule has 0 saturated carbocycles. The molecule has 0 aliphatic heterocycles. The maximum atomic E-state index is 13.5. The van der Waals surface area contributed by atoms with Gasteiger partial charge in [0.2, 0.25) is 0 Å². The van der Waals surface area contributed by atoms with Gasteiger partial charge in [0.05, 0.1) is 17.7 Å². The molecule has 1 aromatic rings. The molecule has 3 nitrogen and oxygen atoms in total. The van der Waals surface area contributed by atoms with Gasteiger partial charge in [-0.3, -0.25) is 4.79 Å². The van der Waals surface area contributed by atoms with Crippen molar-refractivity contribution in [1.82, 2.24) is 0 Å². The van der Waals surface area contributed by atoms with E-state index in [1.165, 1.54) is 18.2 Å². The number of carbonyl (C=O) groups is 1. The zero-order valence-corrected chi connectivity index (χ0v) is 9.29. The van der Waals surface area contributed by atoms with Gasteiger partial charge < -0.3 is 4.74 Å². The van der Waals surface area contributed by atoms with E-state index < -0.39 is 11.8 Å². The third kappa shape index (κ3) is 3.62. The molecule has 0 spiro atoms. The summed E-state index contributed by atoms with van der Waals surface area (Å²) in [6.45, 7) is 1.99. The van der Waals surface area contributed by atoms with Crippen LogP contribution in [0.1, 0.15) is 24.5 Å². The molecule has 0 saturated heterocycles. The monoisotopic (exact) mass is 231 g/mol. The van der Waals surface area contributed by atoms with Crippen molar-refractivity contribution in [3.8, 4) is 17.9 Å². The first-order chi connectivity index (χ1) is 8.19. The standard InChI is InChI=1S/C13H10FNO2/c1-2-17-12(16)8-4-6-10-5-3-7-11(9-15)13(10)14/h3,5,7H,2,8H2,1H3. The lowest BCUT2D eigenvalue weighted by atomic mass is 10.1. The Balaban J connectivity index is 2.80. The number of nitrogens with zero attached hydrogens (tertiary/aromatic N) is 1. The molecule has 0 N–H and O–H groups in total. The Labute approximate surface area is 98.8 Å². The number of rotatable bonds is 2. The van der Waals surface area contributed by atoms with Crippen molar-refractivity contribution >= 4 is 5.97 Å². The van der Waals surface area contributed by atoms with E-state index in [4.69, 9.17) is 5.26 Å². The van der Waals surface area contributed by atoms with Gasteiger partial charge in [-0.05, 0) is 19.1 Å². The highest BCUT2D eigenvalue weighted by Crippen LogP contribution is 2.10. The fourth-order valence-corrected chi connectivity index (χ4v) is 1.14. The zero-order valence-electron chi connectivity index (χ0n) is 9.29. The predicted molar refractivity (Wildman–Crippen MR) is 59.2 cm³/mol. The summed E-state index contributed by atoms with van der Waals surface area (Å²) in [6.07, 6.45) is -0.0932. The minimum Gasteiger partial charge on any atom is -0.465 e. The molecule has 0 heterocycles. The summed E-state index contributed by atoms with van der Waals surface area (Å²) in [4.78, 5) is 11.0. The molecule has 0 unspecified atom stereocenters. The molecule has 0 atom stereocenters. The zero-order chi connectivity index (χ0) is 12.7. The van der Waals surface area contributed by atoms with Crippen LogP contribution in [0.15, 0.2) is 18.2 Å². The fourth-order valence-electron chi connectivity index (χ4n) is 1.14. The molecule has 0 amide bonds. The van der Waals surface area contributed by atoms with Gasteiger partial charge in [0.1, 0.15) is 12.5 Å². The van der Waals surface area contributed by atoms with Crippen LogP contribution in [0.2, 0.25) is 0 Å². The van der Waals surface area contributed by atoms with Gasteiger partial charge >= 0.3 is 5.97 Å². The van der Waals surface area contributed by atoms with Crippen LogP contribution in [0.5, 0.6) is 0 Å². The topological polar surface area (TPSA) is 50.1 Å². The second kappa shape index (κ2) is 6.30.